The van der Waals surface area contributed by atoms with Crippen molar-refractivity contribution < 1.29 is 9.53 Å². The molecule has 0 saturated carbocycles. The summed E-state index contributed by atoms with van der Waals surface area (Å²) >= 11 is 1.72. The molecule has 0 aliphatic rings. The molecular formula is C13H18O2S. The first-order valence-electron chi connectivity index (χ1n) is 5.47. The van der Waals surface area contributed by atoms with E-state index in [4.69, 9.17) is 4.74 Å². The van der Waals surface area contributed by atoms with Crippen LogP contribution in [0.25, 0.3) is 0 Å². The van der Waals surface area contributed by atoms with Gasteiger partial charge in [0.15, 0.2) is 0 Å². The minimum absolute atomic E-state index is 0.121. The van der Waals surface area contributed by atoms with Crippen LogP contribution in [-0.2, 0) is 9.53 Å². The van der Waals surface area contributed by atoms with Gasteiger partial charge < -0.3 is 4.74 Å². The van der Waals surface area contributed by atoms with Crippen LogP contribution in [0.5, 0.6) is 0 Å². The summed E-state index contributed by atoms with van der Waals surface area (Å²) in [6.45, 7) is 4.33. The summed E-state index contributed by atoms with van der Waals surface area (Å²) in [5.74, 6) is 0.0962. The number of hydrogen-bond acceptors (Lipinski definition) is 3. The second-order valence-electron chi connectivity index (χ2n) is 3.68. The Hall–Kier alpha value is -0.960. The Labute approximate surface area is 101 Å². The van der Waals surface area contributed by atoms with Gasteiger partial charge in [-0.15, -0.1) is 11.8 Å². The molecule has 1 aromatic rings. The molecule has 0 bridgehead atoms. The number of carbonyl (C=O) groups is 1. The van der Waals surface area contributed by atoms with Gasteiger partial charge in [0.25, 0.3) is 0 Å². The first kappa shape index (κ1) is 13.1. The van der Waals surface area contributed by atoms with Crippen molar-refractivity contribution in [2.75, 3.05) is 12.9 Å². The molecule has 0 N–H and O–H groups in total. The highest BCUT2D eigenvalue weighted by Crippen LogP contribution is 2.22. The Morgan fingerprint density at radius 3 is 2.50 bits per heavy atom. The summed E-state index contributed by atoms with van der Waals surface area (Å²) in [7, 11) is 0. The van der Waals surface area contributed by atoms with Crippen LogP contribution in [0.4, 0.5) is 0 Å². The lowest BCUT2D eigenvalue weighted by atomic mass is 9.98. The zero-order valence-electron chi connectivity index (χ0n) is 10.0. The second-order valence-corrected chi connectivity index (χ2v) is 4.56. The topological polar surface area (TPSA) is 26.3 Å². The van der Waals surface area contributed by atoms with Crippen molar-refractivity contribution in [1.29, 1.82) is 0 Å². The molecule has 0 aliphatic carbocycles. The Morgan fingerprint density at radius 1 is 1.38 bits per heavy atom. The number of esters is 1. The molecule has 1 atom stereocenters. The maximum absolute atomic E-state index is 11.3. The molecule has 0 aromatic heterocycles. The smallest absolute Gasteiger partial charge is 0.306 e. The van der Waals surface area contributed by atoms with Crippen molar-refractivity contribution in [3.63, 3.8) is 0 Å². The number of benzene rings is 1. The van der Waals surface area contributed by atoms with E-state index in [2.05, 4.69) is 30.5 Å². The molecule has 2 nitrogen and oxygen atoms in total. The molecule has 0 amide bonds. The predicted molar refractivity (Wildman–Crippen MR) is 67.9 cm³/mol. The van der Waals surface area contributed by atoms with Gasteiger partial charge in [0.1, 0.15) is 0 Å². The highest BCUT2D eigenvalue weighted by atomic mass is 32.2. The summed E-state index contributed by atoms with van der Waals surface area (Å²) in [6.07, 6.45) is 2.50. The van der Waals surface area contributed by atoms with E-state index in [0.29, 0.717) is 13.0 Å². The molecule has 0 aliphatic heterocycles. The van der Waals surface area contributed by atoms with Crippen LogP contribution in [0.2, 0.25) is 0 Å². The fourth-order valence-corrected chi connectivity index (χ4v) is 1.93. The lowest BCUT2D eigenvalue weighted by molar-refractivity contribution is -0.143. The summed E-state index contributed by atoms with van der Waals surface area (Å²) in [5.41, 5.74) is 1.19. The molecule has 0 unspecified atom stereocenters. The van der Waals surface area contributed by atoms with E-state index in [9.17, 15) is 4.79 Å². The minimum Gasteiger partial charge on any atom is -0.466 e. The maximum Gasteiger partial charge on any atom is 0.306 e. The quantitative estimate of drug-likeness (QED) is 0.580. The lowest BCUT2D eigenvalue weighted by Crippen LogP contribution is -2.08. The summed E-state index contributed by atoms with van der Waals surface area (Å²) in [5, 5.41) is 0. The Morgan fingerprint density at radius 2 is 2.00 bits per heavy atom. The molecular weight excluding hydrogens is 220 g/mol. The molecule has 0 radical (unpaired) electrons. The van der Waals surface area contributed by atoms with E-state index in [1.54, 1.807) is 11.8 Å². The van der Waals surface area contributed by atoms with Crippen LogP contribution < -0.4 is 0 Å². The van der Waals surface area contributed by atoms with Gasteiger partial charge in [-0.25, -0.2) is 0 Å². The second kappa shape index (κ2) is 6.59. The van der Waals surface area contributed by atoms with Crippen molar-refractivity contribution in [3.05, 3.63) is 29.8 Å². The highest BCUT2D eigenvalue weighted by Gasteiger charge is 2.11. The summed E-state index contributed by atoms with van der Waals surface area (Å²) in [6, 6.07) is 8.33. The monoisotopic (exact) mass is 238 g/mol. The van der Waals surface area contributed by atoms with E-state index in [1.165, 1.54) is 10.5 Å². The molecule has 3 heteroatoms. The summed E-state index contributed by atoms with van der Waals surface area (Å²) in [4.78, 5) is 12.6. The van der Waals surface area contributed by atoms with Gasteiger partial charge in [0, 0.05) is 4.90 Å². The average molecular weight is 238 g/mol. The molecule has 0 fully saturated rings. The van der Waals surface area contributed by atoms with Crippen molar-refractivity contribution in [3.8, 4) is 0 Å². The SMILES string of the molecule is CCOC(=O)C[C@@H](C)c1ccc(SC)cc1. The fourth-order valence-electron chi connectivity index (χ4n) is 1.52. The third kappa shape index (κ3) is 3.89. The third-order valence-electron chi connectivity index (χ3n) is 2.46. The molecule has 1 rings (SSSR count). The molecule has 0 saturated heterocycles. The van der Waals surface area contributed by atoms with Gasteiger partial charge in [-0.2, -0.15) is 0 Å². The van der Waals surface area contributed by atoms with E-state index in [-0.39, 0.29) is 11.9 Å². The third-order valence-corrected chi connectivity index (χ3v) is 3.21. The number of rotatable bonds is 5. The zero-order chi connectivity index (χ0) is 12.0. The Bertz CT molecular complexity index is 332. The minimum atomic E-state index is -0.121. The van der Waals surface area contributed by atoms with Crippen molar-refractivity contribution in [1.82, 2.24) is 0 Å². The zero-order valence-corrected chi connectivity index (χ0v) is 10.8. The number of carbonyl (C=O) groups excluding carboxylic acids is 1. The largest absolute Gasteiger partial charge is 0.466 e. The van der Waals surface area contributed by atoms with Gasteiger partial charge in [0.05, 0.1) is 13.0 Å². The summed E-state index contributed by atoms with van der Waals surface area (Å²) < 4.78 is 4.94. The molecule has 1 aromatic carbocycles. The van der Waals surface area contributed by atoms with Crippen LogP contribution in [0.1, 0.15) is 31.7 Å². The number of thioether (sulfide) groups is 1. The van der Waals surface area contributed by atoms with Crippen molar-refractivity contribution in [2.24, 2.45) is 0 Å². The first-order valence-corrected chi connectivity index (χ1v) is 6.69. The fraction of sp³-hybridized carbons (Fsp3) is 0.462. The lowest BCUT2D eigenvalue weighted by Gasteiger charge is -2.11. The van der Waals surface area contributed by atoms with Crippen molar-refractivity contribution >= 4 is 17.7 Å². The highest BCUT2D eigenvalue weighted by molar-refractivity contribution is 7.98. The number of hydrogen-bond donors (Lipinski definition) is 0. The molecule has 88 valence electrons. The molecule has 0 heterocycles. The number of ether oxygens (including phenoxy) is 1. The first-order chi connectivity index (χ1) is 7.67. The van der Waals surface area contributed by atoms with Gasteiger partial charge in [-0.05, 0) is 36.8 Å². The van der Waals surface area contributed by atoms with Gasteiger partial charge in [-0.3, -0.25) is 4.79 Å². The van der Waals surface area contributed by atoms with Gasteiger partial charge in [0.2, 0.25) is 0 Å². The van der Waals surface area contributed by atoms with Gasteiger partial charge in [-0.1, -0.05) is 19.1 Å². The average Bonchev–Trinajstić information content (AvgIpc) is 2.29. The molecule has 16 heavy (non-hydrogen) atoms. The van der Waals surface area contributed by atoms with Crippen LogP contribution in [0.15, 0.2) is 29.2 Å². The van der Waals surface area contributed by atoms with E-state index < -0.39 is 0 Å². The van der Waals surface area contributed by atoms with Crippen LogP contribution in [0, 0.1) is 0 Å². The van der Waals surface area contributed by atoms with E-state index in [1.807, 2.05) is 13.8 Å². The standard InChI is InChI=1S/C13H18O2S/c1-4-15-13(14)9-10(2)11-5-7-12(16-3)8-6-11/h5-8,10H,4,9H2,1-3H3/t10-/m1/s1. The van der Waals surface area contributed by atoms with Gasteiger partial charge >= 0.3 is 5.97 Å². The molecule has 0 spiro atoms. The van der Waals surface area contributed by atoms with Crippen LogP contribution in [-0.4, -0.2) is 18.8 Å². The predicted octanol–water partition coefficient (Wildman–Crippen LogP) is 3.47. The van der Waals surface area contributed by atoms with Crippen LogP contribution in [0.3, 0.4) is 0 Å². The Balaban J connectivity index is 2.58. The maximum atomic E-state index is 11.3. The van der Waals surface area contributed by atoms with Crippen molar-refractivity contribution in [2.45, 2.75) is 31.1 Å². The Kier molecular flexibility index (Phi) is 5.39. The normalized spacial score (nSPS) is 12.2. The van der Waals surface area contributed by atoms with E-state index in [0.717, 1.165) is 0 Å². The van der Waals surface area contributed by atoms with Crippen LogP contribution >= 0.6 is 11.8 Å². The van der Waals surface area contributed by atoms with E-state index >= 15 is 0 Å².